The summed E-state index contributed by atoms with van der Waals surface area (Å²) in [5, 5.41) is 0. The Hall–Kier alpha value is -3.26. The molecule has 130 valence electrons. The molecule has 0 aliphatic heterocycles. The summed E-state index contributed by atoms with van der Waals surface area (Å²) in [6.07, 6.45) is 11.2. The van der Waals surface area contributed by atoms with Crippen LogP contribution < -0.4 is 0 Å². The molecule has 2 heterocycles. The van der Waals surface area contributed by atoms with Crippen LogP contribution in [-0.4, -0.2) is 9.97 Å². The Bertz CT molecular complexity index is 1090. The summed E-state index contributed by atoms with van der Waals surface area (Å²) in [5.74, 6) is 0. The zero-order valence-electron chi connectivity index (χ0n) is 15.3. The van der Waals surface area contributed by atoms with E-state index >= 15 is 0 Å². The van der Waals surface area contributed by atoms with E-state index in [1.165, 1.54) is 27.8 Å². The smallest absolute Gasteiger partial charge is 0.0934 e. The van der Waals surface area contributed by atoms with Gasteiger partial charge in [-0.3, -0.25) is 9.97 Å². The van der Waals surface area contributed by atoms with Gasteiger partial charge in [-0.25, -0.2) is 0 Å². The Morgan fingerprint density at radius 2 is 1.44 bits per heavy atom. The Morgan fingerprint density at radius 1 is 0.815 bits per heavy atom. The molecule has 0 atom stereocenters. The first kappa shape index (κ1) is 16.0. The van der Waals surface area contributed by atoms with Gasteiger partial charge >= 0.3 is 0 Å². The molecule has 0 N–H and O–H groups in total. The first-order valence-corrected chi connectivity index (χ1v) is 9.27. The Balaban J connectivity index is 1.94. The van der Waals surface area contributed by atoms with Crippen molar-refractivity contribution in [2.24, 2.45) is 0 Å². The van der Waals surface area contributed by atoms with Crippen LogP contribution in [0.1, 0.15) is 35.6 Å². The fraction of sp³-hybridized carbons (Fsp3) is 0.120. The lowest BCUT2D eigenvalue weighted by atomic mass is 9.68. The van der Waals surface area contributed by atoms with E-state index in [1.807, 2.05) is 24.5 Å². The predicted octanol–water partition coefficient (Wildman–Crippen LogP) is 5.71. The average molecular weight is 348 g/mol. The first-order valence-electron chi connectivity index (χ1n) is 9.27. The molecule has 0 saturated carbocycles. The fourth-order valence-corrected chi connectivity index (χ4v) is 4.48. The minimum atomic E-state index is -0.306. The molecular formula is C25H20N2. The zero-order chi connectivity index (χ0) is 18.4. The van der Waals surface area contributed by atoms with E-state index in [9.17, 15) is 0 Å². The van der Waals surface area contributed by atoms with Crippen LogP contribution in [0, 0.1) is 0 Å². The van der Waals surface area contributed by atoms with Gasteiger partial charge in [0, 0.05) is 12.4 Å². The van der Waals surface area contributed by atoms with Crippen LogP contribution in [0.3, 0.4) is 0 Å². The third-order valence-electron chi connectivity index (χ3n) is 5.77. The highest BCUT2D eigenvalue weighted by molar-refractivity contribution is 5.83. The number of fused-ring (bicyclic) bond motifs is 7. The lowest BCUT2D eigenvalue weighted by Gasteiger charge is -2.33. The largest absolute Gasteiger partial charge is 0.254 e. The normalized spacial score (nSPS) is 19.7. The highest BCUT2D eigenvalue weighted by Gasteiger charge is 2.46. The maximum Gasteiger partial charge on any atom is 0.0934 e. The van der Waals surface area contributed by atoms with Crippen molar-refractivity contribution < 1.29 is 0 Å². The van der Waals surface area contributed by atoms with E-state index in [1.54, 1.807) is 0 Å². The summed E-state index contributed by atoms with van der Waals surface area (Å²) in [5.41, 5.74) is 8.86. The molecule has 3 aromatic rings. The standard InChI is InChI=1S/C25H20N2/c1-17-11-12-18(2)19-7-3-4-8-20(19)25(14-13-17)21-9-5-15-26-23(21)24-22(25)10-6-16-27-24/h3-13,15-16H,2,14H2,1H3/b12-11-,17-13-. The first-order chi connectivity index (χ1) is 13.2. The van der Waals surface area contributed by atoms with E-state index in [4.69, 9.17) is 9.97 Å². The second-order valence-corrected chi connectivity index (χ2v) is 7.26. The molecule has 0 radical (unpaired) electrons. The quantitative estimate of drug-likeness (QED) is 0.520. The molecule has 0 amide bonds. The summed E-state index contributed by atoms with van der Waals surface area (Å²) < 4.78 is 0. The third-order valence-corrected chi connectivity index (χ3v) is 5.77. The van der Waals surface area contributed by atoms with Crippen LogP contribution in [0.5, 0.6) is 0 Å². The average Bonchev–Trinajstić information content (AvgIpc) is 3.03. The molecule has 0 fully saturated rings. The number of pyridine rings is 2. The number of nitrogens with zero attached hydrogens (tertiary/aromatic N) is 2. The van der Waals surface area contributed by atoms with Crippen LogP contribution in [0.25, 0.3) is 17.0 Å². The Morgan fingerprint density at radius 3 is 2.15 bits per heavy atom. The number of hydrogen-bond donors (Lipinski definition) is 0. The number of hydrogen-bond acceptors (Lipinski definition) is 2. The van der Waals surface area contributed by atoms with Crippen LogP contribution in [0.4, 0.5) is 0 Å². The molecule has 0 bridgehead atoms. The lowest BCUT2D eigenvalue weighted by molar-refractivity contribution is 0.640. The van der Waals surface area contributed by atoms with Crippen LogP contribution in [-0.2, 0) is 5.41 Å². The van der Waals surface area contributed by atoms with Gasteiger partial charge in [0.1, 0.15) is 0 Å². The molecule has 2 aromatic heterocycles. The van der Waals surface area contributed by atoms with Gasteiger partial charge in [-0.05, 0) is 53.3 Å². The van der Waals surface area contributed by atoms with Crippen molar-refractivity contribution in [3.05, 3.63) is 114 Å². The summed E-state index contributed by atoms with van der Waals surface area (Å²) in [7, 11) is 0. The van der Waals surface area contributed by atoms with Crippen LogP contribution in [0.15, 0.2) is 91.3 Å². The molecule has 2 aliphatic rings. The van der Waals surface area contributed by atoms with E-state index in [0.717, 1.165) is 23.4 Å². The van der Waals surface area contributed by atoms with Crippen LogP contribution >= 0.6 is 0 Å². The van der Waals surface area contributed by atoms with E-state index in [-0.39, 0.29) is 5.41 Å². The van der Waals surface area contributed by atoms with Crippen molar-refractivity contribution in [1.29, 1.82) is 0 Å². The number of aromatic nitrogens is 2. The van der Waals surface area contributed by atoms with E-state index < -0.39 is 0 Å². The van der Waals surface area contributed by atoms with Crippen molar-refractivity contribution in [2.45, 2.75) is 18.8 Å². The summed E-state index contributed by atoms with van der Waals surface area (Å²) >= 11 is 0. The second kappa shape index (κ2) is 5.88. The zero-order valence-corrected chi connectivity index (χ0v) is 15.3. The molecule has 1 aromatic carbocycles. The van der Waals surface area contributed by atoms with Crippen molar-refractivity contribution in [3.8, 4) is 11.4 Å². The molecule has 27 heavy (non-hydrogen) atoms. The maximum atomic E-state index is 4.72. The minimum absolute atomic E-state index is 0.306. The van der Waals surface area contributed by atoms with Gasteiger partial charge in [0.05, 0.1) is 16.8 Å². The second-order valence-electron chi connectivity index (χ2n) is 7.26. The van der Waals surface area contributed by atoms with Gasteiger partial charge in [0.25, 0.3) is 0 Å². The summed E-state index contributed by atoms with van der Waals surface area (Å²) in [6, 6.07) is 17.1. The van der Waals surface area contributed by atoms with E-state index in [0.29, 0.717) is 0 Å². The van der Waals surface area contributed by atoms with Crippen molar-refractivity contribution in [2.75, 3.05) is 0 Å². The molecule has 1 spiro atoms. The third kappa shape index (κ3) is 2.20. The van der Waals surface area contributed by atoms with Gasteiger partial charge in [-0.2, -0.15) is 0 Å². The highest BCUT2D eigenvalue weighted by atomic mass is 14.8. The molecule has 5 rings (SSSR count). The molecule has 2 nitrogen and oxygen atoms in total. The lowest BCUT2D eigenvalue weighted by Crippen LogP contribution is -2.27. The highest BCUT2D eigenvalue weighted by Crippen LogP contribution is 2.54. The molecule has 2 aliphatic carbocycles. The predicted molar refractivity (Wildman–Crippen MR) is 110 cm³/mol. The monoisotopic (exact) mass is 348 g/mol. The molecular weight excluding hydrogens is 328 g/mol. The number of allylic oxidation sites excluding steroid dienone is 5. The van der Waals surface area contributed by atoms with E-state index in [2.05, 4.69) is 68.1 Å². The Labute approximate surface area is 159 Å². The van der Waals surface area contributed by atoms with Gasteiger partial charge < -0.3 is 0 Å². The van der Waals surface area contributed by atoms with Gasteiger partial charge in [0.15, 0.2) is 0 Å². The van der Waals surface area contributed by atoms with Crippen molar-refractivity contribution >= 4 is 5.57 Å². The number of rotatable bonds is 0. The minimum Gasteiger partial charge on any atom is -0.254 e. The van der Waals surface area contributed by atoms with Crippen LogP contribution in [0.2, 0.25) is 0 Å². The maximum absolute atomic E-state index is 4.72. The molecule has 2 heteroatoms. The molecule has 0 unspecified atom stereocenters. The SMILES string of the molecule is C=C1/C=C\C(C)=C/CC2(c3ccccc31)c1cccnc1-c1ncccc12. The molecule has 0 saturated heterocycles. The van der Waals surface area contributed by atoms with Gasteiger partial charge in [-0.1, -0.05) is 66.8 Å². The van der Waals surface area contributed by atoms with Gasteiger partial charge in [-0.15, -0.1) is 0 Å². The van der Waals surface area contributed by atoms with Crippen molar-refractivity contribution in [3.63, 3.8) is 0 Å². The number of benzene rings is 1. The van der Waals surface area contributed by atoms with Gasteiger partial charge in [0.2, 0.25) is 0 Å². The summed E-state index contributed by atoms with van der Waals surface area (Å²) in [4.78, 5) is 9.43. The van der Waals surface area contributed by atoms with Crippen molar-refractivity contribution in [1.82, 2.24) is 9.97 Å². The fourth-order valence-electron chi connectivity index (χ4n) is 4.48. The Kier molecular flexibility index (Phi) is 3.48. The topological polar surface area (TPSA) is 25.8 Å². The summed E-state index contributed by atoms with van der Waals surface area (Å²) in [6.45, 7) is 6.50.